The molecule has 0 spiro atoms. The number of benzene rings is 3. The van der Waals surface area contributed by atoms with Gasteiger partial charge >= 0.3 is 0 Å². The highest BCUT2D eigenvalue weighted by Crippen LogP contribution is 2.34. The molecular weight excluding hydrogens is 342 g/mol. The quantitative estimate of drug-likeness (QED) is 0.561. The second-order valence-corrected chi connectivity index (χ2v) is 7.30. The molecule has 1 aliphatic carbocycles. The van der Waals surface area contributed by atoms with Gasteiger partial charge in [0.1, 0.15) is 0 Å². The predicted molar refractivity (Wildman–Crippen MR) is 118 cm³/mol. The molecule has 2 nitrogen and oxygen atoms in total. The molecular formula is C26H23NO. The topological polar surface area (TPSA) is 29.1 Å². The number of ketones is 1. The van der Waals surface area contributed by atoms with Crippen molar-refractivity contribution >= 4 is 28.8 Å². The van der Waals surface area contributed by atoms with Crippen molar-refractivity contribution in [3.8, 4) is 0 Å². The summed E-state index contributed by atoms with van der Waals surface area (Å²) in [5.41, 5.74) is 9.37. The molecule has 3 aromatic carbocycles. The lowest BCUT2D eigenvalue weighted by Crippen LogP contribution is -2.13. The maximum absolute atomic E-state index is 13.0. The van der Waals surface area contributed by atoms with E-state index < -0.39 is 0 Å². The van der Waals surface area contributed by atoms with E-state index in [0.29, 0.717) is 0 Å². The molecule has 138 valence electrons. The number of rotatable bonds is 3. The van der Waals surface area contributed by atoms with Crippen molar-refractivity contribution < 1.29 is 4.79 Å². The SMILES string of the molecule is Cc1cc(NC2=CC(=O)C(=Cc3ccccc3)c3ccccc32)cc(C)c1C. The van der Waals surface area contributed by atoms with Crippen molar-refractivity contribution in [2.45, 2.75) is 20.8 Å². The lowest BCUT2D eigenvalue weighted by molar-refractivity contribution is -0.109. The molecule has 3 aromatic rings. The number of carbonyl (C=O) groups is 1. The molecule has 0 saturated carbocycles. The fourth-order valence-corrected chi connectivity index (χ4v) is 3.60. The van der Waals surface area contributed by atoms with Gasteiger partial charge in [0.15, 0.2) is 5.78 Å². The number of nitrogens with one attached hydrogen (secondary N) is 1. The standard InChI is InChI=1S/C26H23NO/c1-17-13-21(14-18(2)19(17)3)27-25-16-26(28)24(15-20-9-5-4-6-10-20)22-11-7-8-12-23(22)25/h4-16,27H,1-3H3. The first-order valence-electron chi connectivity index (χ1n) is 9.50. The van der Waals surface area contributed by atoms with E-state index in [1.54, 1.807) is 6.08 Å². The van der Waals surface area contributed by atoms with Gasteiger partial charge in [0.05, 0.1) is 5.70 Å². The van der Waals surface area contributed by atoms with Crippen molar-refractivity contribution in [1.29, 1.82) is 0 Å². The monoisotopic (exact) mass is 365 g/mol. The first kappa shape index (κ1) is 18.0. The van der Waals surface area contributed by atoms with Crippen LogP contribution in [0.2, 0.25) is 0 Å². The summed E-state index contributed by atoms with van der Waals surface area (Å²) in [6, 6.07) is 22.3. The summed E-state index contributed by atoms with van der Waals surface area (Å²) in [7, 11) is 0. The van der Waals surface area contributed by atoms with E-state index in [4.69, 9.17) is 0 Å². The Hall–Kier alpha value is -3.39. The molecule has 1 aliphatic rings. The smallest absolute Gasteiger partial charge is 0.188 e. The molecule has 0 aliphatic heterocycles. The van der Waals surface area contributed by atoms with Crippen LogP contribution < -0.4 is 5.32 Å². The Balaban J connectivity index is 1.76. The average Bonchev–Trinajstić information content (AvgIpc) is 2.70. The van der Waals surface area contributed by atoms with Gasteiger partial charge in [-0.2, -0.15) is 0 Å². The van der Waals surface area contributed by atoms with Gasteiger partial charge in [-0.15, -0.1) is 0 Å². The molecule has 0 radical (unpaired) electrons. The molecule has 1 N–H and O–H groups in total. The first-order valence-corrected chi connectivity index (χ1v) is 9.50. The summed E-state index contributed by atoms with van der Waals surface area (Å²) in [6.45, 7) is 6.36. The predicted octanol–water partition coefficient (Wildman–Crippen LogP) is 6.19. The zero-order valence-corrected chi connectivity index (χ0v) is 16.4. The zero-order chi connectivity index (χ0) is 19.7. The fraction of sp³-hybridized carbons (Fsp3) is 0.115. The number of aryl methyl sites for hydroxylation is 2. The van der Waals surface area contributed by atoms with Gasteiger partial charge < -0.3 is 5.32 Å². The summed E-state index contributed by atoms with van der Waals surface area (Å²) >= 11 is 0. The average molecular weight is 365 g/mol. The Morgan fingerprint density at radius 2 is 1.39 bits per heavy atom. The third-order valence-corrected chi connectivity index (χ3v) is 5.36. The minimum Gasteiger partial charge on any atom is -0.355 e. The van der Waals surface area contributed by atoms with Crippen LogP contribution in [0.25, 0.3) is 17.3 Å². The molecule has 0 heterocycles. The Kier molecular flexibility index (Phi) is 4.70. The van der Waals surface area contributed by atoms with Crippen LogP contribution >= 0.6 is 0 Å². The van der Waals surface area contributed by atoms with Crippen LogP contribution in [-0.4, -0.2) is 5.78 Å². The summed E-state index contributed by atoms with van der Waals surface area (Å²) in [4.78, 5) is 13.0. The molecule has 4 rings (SSSR count). The number of allylic oxidation sites excluding steroid dienone is 2. The maximum atomic E-state index is 13.0. The summed E-state index contributed by atoms with van der Waals surface area (Å²) in [5, 5.41) is 3.47. The van der Waals surface area contributed by atoms with Crippen LogP contribution in [-0.2, 0) is 4.79 Å². The van der Waals surface area contributed by atoms with E-state index in [0.717, 1.165) is 33.6 Å². The van der Waals surface area contributed by atoms with Gasteiger partial charge in [0, 0.05) is 22.9 Å². The van der Waals surface area contributed by atoms with Crippen LogP contribution in [0.1, 0.15) is 33.4 Å². The van der Waals surface area contributed by atoms with Crippen LogP contribution in [0.3, 0.4) is 0 Å². The van der Waals surface area contributed by atoms with E-state index in [1.165, 1.54) is 16.7 Å². The number of hydrogen-bond acceptors (Lipinski definition) is 2. The first-order chi connectivity index (χ1) is 13.5. The number of hydrogen-bond donors (Lipinski definition) is 1. The molecule has 0 aromatic heterocycles. The number of carbonyl (C=O) groups excluding carboxylic acids is 1. The Bertz CT molecular complexity index is 1100. The Morgan fingerprint density at radius 3 is 2.07 bits per heavy atom. The van der Waals surface area contributed by atoms with Gasteiger partial charge in [-0.25, -0.2) is 0 Å². The van der Waals surface area contributed by atoms with Crippen LogP contribution in [0, 0.1) is 20.8 Å². The molecule has 0 fully saturated rings. The number of anilines is 1. The minimum absolute atomic E-state index is 0.0191. The van der Waals surface area contributed by atoms with E-state index in [-0.39, 0.29) is 5.78 Å². The van der Waals surface area contributed by atoms with E-state index in [1.807, 2.05) is 54.6 Å². The number of fused-ring (bicyclic) bond motifs is 1. The highest BCUT2D eigenvalue weighted by molar-refractivity contribution is 6.34. The van der Waals surface area contributed by atoms with Crippen molar-refractivity contribution in [3.05, 3.63) is 106 Å². The molecule has 0 unspecified atom stereocenters. The Morgan fingerprint density at radius 1 is 0.786 bits per heavy atom. The third-order valence-electron chi connectivity index (χ3n) is 5.36. The van der Waals surface area contributed by atoms with Gasteiger partial charge in [-0.3, -0.25) is 4.79 Å². The zero-order valence-electron chi connectivity index (χ0n) is 16.4. The lowest BCUT2D eigenvalue weighted by Gasteiger charge is -2.21. The van der Waals surface area contributed by atoms with E-state index >= 15 is 0 Å². The molecule has 0 saturated heterocycles. The van der Waals surface area contributed by atoms with Gasteiger partial charge in [0.2, 0.25) is 0 Å². The van der Waals surface area contributed by atoms with Crippen LogP contribution in [0.15, 0.2) is 72.8 Å². The van der Waals surface area contributed by atoms with Crippen molar-refractivity contribution in [3.63, 3.8) is 0 Å². The van der Waals surface area contributed by atoms with Gasteiger partial charge in [-0.05, 0) is 66.8 Å². The van der Waals surface area contributed by atoms with Crippen molar-refractivity contribution in [2.75, 3.05) is 5.32 Å². The highest BCUT2D eigenvalue weighted by Gasteiger charge is 2.22. The third kappa shape index (κ3) is 3.41. The molecule has 0 atom stereocenters. The maximum Gasteiger partial charge on any atom is 0.188 e. The van der Waals surface area contributed by atoms with Gasteiger partial charge in [0.25, 0.3) is 0 Å². The summed E-state index contributed by atoms with van der Waals surface area (Å²) in [6.07, 6.45) is 3.68. The lowest BCUT2D eigenvalue weighted by atomic mass is 9.88. The fourth-order valence-electron chi connectivity index (χ4n) is 3.60. The minimum atomic E-state index is 0.0191. The van der Waals surface area contributed by atoms with E-state index in [9.17, 15) is 4.79 Å². The van der Waals surface area contributed by atoms with Crippen LogP contribution in [0.4, 0.5) is 5.69 Å². The highest BCUT2D eigenvalue weighted by atomic mass is 16.1. The summed E-state index contributed by atoms with van der Waals surface area (Å²) < 4.78 is 0. The van der Waals surface area contributed by atoms with Crippen LogP contribution in [0.5, 0.6) is 0 Å². The normalized spacial score (nSPS) is 14.6. The molecule has 0 amide bonds. The van der Waals surface area contributed by atoms with Crippen molar-refractivity contribution in [1.82, 2.24) is 0 Å². The van der Waals surface area contributed by atoms with Gasteiger partial charge in [-0.1, -0.05) is 54.6 Å². The summed E-state index contributed by atoms with van der Waals surface area (Å²) in [5.74, 6) is 0.0191. The Labute approximate surface area is 166 Å². The molecule has 28 heavy (non-hydrogen) atoms. The second kappa shape index (κ2) is 7.32. The second-order valence-electron chi connectivity index (χ2n) is 7.30. The largest absolute Gasteiger partial charge is 0.355 e. The van der Waals surface area contributed by atoms with Crippen molar-refractivity contribution in [2.24, 2.45) is 0 Å². The molecule has 0 bridgehead atoms. The molecule has 2 heteroatoms. The van der Waals surface area contributed by atoms with E-state index in [2.05, 4.69) is 44.3 Å².